The first-order valence-corrected chi connectivity index (χ1v) is 9.60. The highest BCUT2D eigenvalue weighted by Crippen LogP contribution is 2.38. The summed E-state index contributed by atoms with van der Waals surface area (Å²) in [5.74, 6) is 0.558. The number of benzene rings is 2. The van der Waals surface area contributed by atoms with Crippen LogP contribution in [-0.4, -0.2) is 64.3 Å². The zero-order chi connectivity index (χ0) is 21.5. The first-order valence-electron chi connectivity index (χ1n) is 9.60. The molecule has 0 aromatic heterocycles. The highest BCUT2D eigenvalue weighted by atomic mass is 16.5. The molecule has 1 aliphatic rings. The third-order valence-electron chi connectivity index (χ3n) is 4.92. The van der Waals surface area contributed by atoms with Crippen LogP contribution in [0.5, 0.6) is 17.2 Å². The van der Waals surface area contributed by atoms with Crippen molar-refractivity contribution in [2.24, 2.45) is 0 Å². The lowest BCUT2D eigenvalue weighted by Gasteiger charge is -2.33. The summed E-state index contributed by atoms with van der Waals surface area (Å²) >= 11 is 0. The highest BCUT2D eigenvalue weighted by molar-refractivity contribution is 5.97. The predicted octanol–water partition coefficient (Wildman–Crippen LogP) is 2.04. The Balaban J connectivity index is 1.62. The van der Waals surface area contributed by atoms with Crippen LogP contribution in [0, 0.1) is 0 Å². The van der Waals surface area contributed by atoms with Crippen LogP contribution in [0.4, 0.5) is 0 Å². The second-order valence-electron chi connectivity index (χ2n) is 6.71. The van der Waals surface area contributed by atoms with Crippen molar-refractivity contribution in [1.82, 2.24) is 10.2 Å². The zero-order valence-electron chi connectivity index (χ0n) is 17.3. The second-order valence-corrected chi connectivity index (χ2v) is 6.71. The molecule has 8 nitrogen and oxygen atoms in total. The lowest BCUT2D eigenvalue weighted by molar-refractivity contribution is -0.137. The van der Waals surface area contributed by atoms with Gasteiger partial charge in [-0.05, 0) is 17.7 Å². The number of amides is 2. The van der Waals surface area contributed by atoms with Crippen molar-refractivity contribution in [3.8, 4) is 17.2 Å². The van der Waals surface area contributed by atoms with Crippen LogP contribution in [0.2, 0.25) is 0 Å². The van der Waals surface area contributed by atoms with E-state index in [-0.39, 0.29) is 18.6 Å². The molecule has 0 spiro atoms. The first-order chi connectivity index (χ1) is 14.6. The van der Waals surface area contributed by atoms with Gasteiger partial charge in [-0.3, -0.25) is 9.59 Å². The number of morpholine rings is 1. The Morgan fingerprint density at radius 2 is 1.73 bits per heavy atom. The molecule has 2 aromatic rings. The molecule has 0 radical (unpaired) electrons. The van der Waals surface area contributed by atoms with E-state index in [0.29, 0.717) is 42.5 Å². The Labute approximate surface area is 175 Å². The van der Waals surface area contributed by atoms with Gasteiger partial charge in [-0.15, -0.1) is 0 Å². The molecule has 0 unspecified atom stereocenters. The number of hydrogen-bond donors (Lipinski definition) is 1. The monoisotopic (exact) mass is 414 g/mol. The topological polar surface area (TPSA) is 86.3 Å². The van der Waals surface area contributed by atoms with Crippen LogP contribution in [0.25, 0.3) is 0 Å². The molecular formula is C22H26N2O6. The molecule has 3 rings (SSSR count). The lowest BCUT2D eigenvalue weighted by atomic mass is 10.1. The fourth-order valence-corrected chi connectivity index (χ4v) is 3.33. The predicted molar refractivity (Wildman–Crippen MR) is 110 cm³/mol. The minimum atomic E-state index is -0.407. The minimum absolute atomic E-state index is 0.114. The maximum Gasteiger partial charge on any atom is 0.251 e. The van der Waals surface area contributed by atoms with Gasteiger partial charge in [0.1, 0.15) is 6.10 Å². The molecule has 30 heavy (non-hydrogen) atoms. The molecule has 2 aromatic carbocycles. The van der Waals surface area contributed by atoms with Crippen molar-refractivity contribution >= 4 is 11.8 Å². The van der Waals surface area contributed by atoms with Crippen LogP contribution in [0.3, 0.4) is 0 Å². The highest BCUT2D eigenvalue weighted by Gasteiger charge is 2.25. The lowest BCUT2D eigenvalue weighted by Crippen LogP contribution is -2.46. The maximum atomic E-state index is 12.6. The molecule has 2 amide bonds. The standard InChI is InChI=1S/C22H26N2O6/c1-27-17-11-16(12-18(28-2)21(17)29-3)22(26)23-13-20(25)24-9-10-30-19(14-24)15-7-5-4-6-8-15/h4-8,11-12,19H,9-10,13-14H2,1-3H3,(H,23,26)/t19-/m1/s1. The summed E-state index contributed by atoms with van der Waals surface area (Å²) in [5.41, 5.74) is 1.33. The third kappa shape index (κ3) is 4.83. The second kappa shape index (κ2) is 9.98. The summed E-state index contributed by atoms with van der Waals surface area (Å²) in [5, 5.41) is 2.67. The Kier molecular flexibility index (Phi) is 7.13. The third-order valence-corrected chi connectivity index (χ3v) is 4.92. The molecule has 1 heterocycles. The summed E-state index contributed by atoms with van der Waals surface area (Å²) in [6, 6.07) is 12.9. The van der Waals surface area contributed by atoms with E-state index in [4.69, 9.17) is 18.9 Å². The van der Waals surface area contributed by atoms with Gasteiger partial charge in [-0.2, -0.15) is 0 Å². The summed E-state index contributed by atoms with van der Waals surface area (Å²) in [4.78, 5) is 26.9. The number of hydrogen-bond acceptors (Lipinski definition) is 6. The molecule has 1 saturated heterocycles. The molecule has 1 atom stereocenters. The average molecular weight is 414 g/mol. The van der Waals surface area contributed by atoms with Crippen LogP contribution in [0.1, 0.15) is 22.0 Å². The maximum absolute atomic E-state index is 12.6. The number of methoxy groups -OCH3 is 3. The number of rotatable bonds is 7. The summed E-state index contributed by atoms with van der Waals surface area (Å²) in [7, 11) is 4.44. The van der Waals surface area contributed by atoms with E-state index in [0.717, 1.165) is 5.56 Å². The zero-order valence-corrected chi connectivity index (χ0v) is 17.3. The van der Waals surface area contributed by atoms with Crippen molar-refractivity contribution in [1.29, 1.82) is 0 Å². The van der Waals surface area contributed by atoms with Crippen molar-refractivity contribution in [3.05, 3.63) is 53.6 Å². The van der Waals surface area contributed by atoms with Crippen LogP contribution < -0.4 is 19.5 Å². The molecule has 0 bridgehead atoms. The Bertz CT molecular complexity index is 861. The van der Waals surface area contributed by atoms with Crippen molar-refractivity contribution in [2.45, 2.75) is 6.10 Å². The van der Waals surface area contributed by atoms with E-state index in [1.807, 2.05) is 30.3 Å². The van der Waals surface area contributed by atoms with Gasteiger partial charge in [0.25, 0.3) is 5.91 Å². The van der Waals surface area contributed by atoms with E-state index >= 15 is 0 Å². The number of nitrogens with one attached hydrogen (secondary N) is 1. The molecule has 1 aliphatic heterocycles. The van der Waals surface area contributed by atoms with Crippen LogP contribution in [-0.2, 0) is 9.53 Å². The van der Waals surface area contributed by atoms with Crippen molar-refractivity contribution < 1.29 is 28.5 Å². The van der Waals surface area contributed by atoms with Crippen LogP contribution in [0.15, 0.2) is 42.5 Å². The van der Waals surface area contributed by atoms with Crippen LogP contribution >= 0.6 is 0 Å². The van der Waals surface area contributed by atoms with Gasteiger partial charge in [-0.25, -0.2) is 0 Å². The summed E-state index contributed by atoms with van der Waals surface area (Å²) in [6.07, 6.45) is -0.172. The van der Waals surface area contributed by atoms with Gasteiger partial charge in [0.05, 0.1) is 41.0 Å². The van der Waals surface area contributed by atoms with Gasteiger partial charge in [-0.1, -0.05) is 30.3 Å². The van der Waals surface area contributed by atoms with Crippen molar-refractivity contribution in [3.63, 3.8) is 0 Å². The molecule has 160 valence electrons. The Morgan fingerprint density at radius 3 is 2.33 bits per heavy atom. The molecule has 1 fully saturated rings. The largest absolute Gasteiger partial charge is 0.493 e. The molecule has 1 N–H and O–H groups in total. The van der Waals surface area contributed by atoms with Gasteiger partial charge < -0.3 is 29.2 Å². The van der Waals surface area contributed by atoms with Crippen molar-refractivity contribution in [2.75, 3.05) is 47.6 Å². The fourth-order valence-electron chi connectivity index (χ4n) is 3.33. The number of carbonyl (C=O) groups excluding carboxylic acids is 2. The smallest absolute Gasteiger partial charge is 0.251 e. The average Bonchev–Trinajstić information content (AvgIpc) is 2.81. The molecule has 0 aliphatic carbocycles. The normalized spacial score (nSPS) is 16.0. The summed E-state index contributed by atoms with van der Waals surface area (Å²) < 4.78 is 21.6. The number of nitrogens with zero attached hydrogens (tertiary/aromatic N) is 1. The van der Waals surface area contributed by atoms with E-state index in [9.17, 15) is 9.59 Å². The van der Waals surface area contributed by atoms with Gasteiger partial charge in [0, 0.05) is 12.1 Å². The molecular weight excluding hydrogens is 388 g/mol. The SMILES string of the molecule is COc1cc(C(=O)NCC(=O)N2CCO[C@@H](c3ccccc3)C2)cc(OC)c1OC. The van der Waals surface area contributed by atoms with E-state index in [1.54, 1.807) is 17.0 Å². The summed E-state index contributed by atoms with van der Waals surface area (Å²) in [6.45, 7) is 1.27. The van der Waals surface area contributed by atoms with Gasteiger partial charge in [0.15, 0.2) is 11.5 Å². The van der Waals surface area contributed by atoms with Gasteiger partial charge in [0.2, 0.25) is 11.7 Å². The quantitative estimate of drug-likeness (QED) is 0.746. The Morgan fingerprint density at radius 1 is 1.07 bits per heavy atom. The first kappa shape index (κ1) is 21.4. The number of ether oxygens (including phenoxy) is 4. The molecule has 8 heteroatoms. The van der Waals surface area contributed by atoms with E-state index < -0.39 is 5.91 Å². The minimum Gasteiger partial charge on any atom is -0.493 e. The van der Waals surface area contributed by atoms with E-state index in [2.05, 4.69) is 5.32 Å². The van der Waals surface area contributed by atoms with Gasteiger partial charge >= 0.3 is 0 Å². The van der Waals surface area contributed by atoms with E-state index in [1.165, 1.54) is 21.3 Å². The fraction of sp³-hybridized carbons (Fsp3) is 0.364. The number of carbonyl (C=O) groups is 2. The molecule has 0 saturated carbocycles. The Hall–Kier alpha value is -3.26.